The summed E-state index contributed by atoms with van der Waals surface area (Å²) in [5.41, 5.74) is 2.27. The monoisotopic (exact) mass is 208 g/mol. The van der Waals surface area contributed by atoms with Crippen molar-refractivity contribution in [3.05, 3.63) is 48.6 Å². The predicted molar refractivity (Wildman–Crippen MR) is 67.6 cm³/mol. The molecule has 0 atom stereocenters. The first kappa shape index (κ1) is 12.1. The quantitative estimate of drug-likeness (QED) is 0.645. The minimum absolute atomic E-state index is 0.931. The van der Waals surface area contributed by atoms with Gasteiger partial charge in [-0.1, -0.05) is 49.6 Å². The maximum atomic E-state index is 4.53. The summed E-state index contributed by atoms with van der Waals surface area (Å²) in [6, 6.07) is 8.02. The Hall–Kier alpha value is -0.906. The topological polar surface area (TPSA) is 9.23 Å². The van der Waals surface area contributed by atoms with Gasteiger partial charge >= 0.3 is 0 Å². The summed E-state index contributed by atoms with van der Waals surface area (Å²) >= 11 is 0. The Kier molecular flexibility index (Phi) is 7.19. The molecule has 1 rings (SSSR count). The third-order valence-electron chi connectivity index (χ3n) is 1.44. The molecule has 0 saturated heterocycles. The fourth-order valence-corrected chi connectivity index (χ4v) is 0.883. The van der Waals surface area contributed by atoms with E-state index in [1.54, 1.807) is 0 Å². The highest BCUT2D eigenvalue weighted by Crippen LogP contribution is 2.10. The standard InChI is InChI=1S/C10H10.H6OSi2/c1-3-9-7-5-6-8-10(9)4-2;2-1-3/h3-8H,1-2H2;2-3H3. The van der Waals surface area contributed by atoms with Crippen LogP contribution >= 0.6 is 0 Å². The van der Waals surface area contributed by atoms with Crippen molar-refractivity contribution in [3.8, 4) is 0 Å². The van der Waals surface area contributed by atoms with Crippen LogP contribution in [0.5, 0.6) is 0 Å². The molecular formula is C10H16OSi2. The van der Waals surface area contributed by atoms with Crippen LogP contribution in [0.1, 0.15) is 11.1 Å². The number of hydrogen-bond donors (Lipinski definition) is 0. The van der Waals surface area contributed by atoms with Gasteiger partial charge in [0, 0.05) is 0 Å². The van der Waals surface area contributed by atoms with Gasteiger partial charge in [0.05, 0.1) is 0 Å². The van der Waals surface area contributed by atoms with Gasteiger partial charge in [-0.15, -0.1) is 0 Å². The predicted octanol–water partition coefficient (Wildman–Crippen LogP) is 0.536. The molecule has 0 N–H and O–H groups in total. The van der Waals surface area contributed by atoms with Crippen molar-refractivity contribution in [1.82, 2.24) is 0 Å². The molecule has 0 fully saturated rings. The van der Waals surface area contributed by atoms with E-state index >= 15 is 0 Å². The summed E-state index contributed by atoms with van der Waals surface area (Å²) in [5, 5.41) is 0. The summed E-state index contributed by atoms with van der Waals surface area (Å²) in [6.07, 6.45) is 3.66. The van der Waals surface area contributed by atoms with E-state index in [0.29, 0.717) is 0 Å². The molecule has 0 heterocycles. The molecule has 70 valence electrons. The first-order chi connectivity index (χ1) is 6.29. The second-order valence-electron chi connectivity index (χ2n) is 2.45. The summed E-state index contributed by atoms with van der Waals surface area (Å²) in [4.78, 5) is 0. The van der Waals surface area contributed by atoms with E-state index in [9.17, 15) is 0 Å². The van der Waals surface area contributed by atoms with Gasteiger partial charge in [0.1, 0.15) is 21.0 Å². The zero-order chi connectivity index (χ0) is 10.1. The zero-order valence-corrected chi connectivity index (χ0v) is 12.3. The van der Waals surface area contributed by atoms with E-state index in [4.69, 9.17) is 0 Å². The van der Waals surface area contributed by atoms with E-state index in [-0.39, 0.29) is 0 Å². The van der Waals surface area contributed by atoms with Gasteiger partial charge < -0.3 is 4.12 Å². The van der Waals surface area contributed by atoms with Gasteiger partial charge in [0.15, 0.2) is 0 Å². The maximum absolute atomic E-state index is 4.53. The number of rotatable bonds is 2. The molecule has 0 aliphatic rings. The molecule has 0 amide bonds. The summed E-state index contributed by atoms with van der Waals surface area (Å²) in [5.74, 6) is 0. The fraction of sp³-hybridized carbons (Fsp3) is 0. The average molecular weight is 208 g/mol. The summed E-state index contributed by atoms with van der Waals surface area (Å²) < 4.78 is 4.53. The maximum Gasteiger partial charge on any atom is 0.129 e. The SMILES string of the molecule is C=Cc1ccccc1C=C.[SiH3]O[SiH3]. The van der Waals surface area contributed by atoms with Gasteiger partial charge in [-0.25, -0.2) is 0 Å². The minimum Gasteiger partial charge on any atom is -0.471 e. The van der Waals surface area contributed by atoms with Crippen LogP contribution < -0.4 is 0 Å². The highest BCUT2D eigenvalue weighted by molar-refractivity contribution is 6.15. The van der Waals surface area contributed by atoms with Crippen molar-refractivity contribution in [2.75, 3.05) is 0 Å². The Morgan fingerprint density at radius 3 is 1.54 bits per heavy atom. The smallest absolute Gasteiger partial charge is 0.129 e. The van der Waals surface area contributed by atoms with E-state index in [1.165, 1.54) is 0 Å². The van der Waals surface area contributed by atoms with E-state index < -0.39 is 0 Å². The third kappa shape index (κ3) is 4.62. The molecular weight excluding hydrogens is 192 g/mol. The molecule has 0 aromatic heterocycles. The van der Waals surface area contributed by atoms with Gasteiger partial charge in [-0.05, 0) is 11.1 Å². The Labute approximate surface area is 86.2 Å². The van der Waals surface area contributed by atoms with Crippen molar-refractivity contribution in [2.45, 2.75) is 0 Å². The van der Waals surface area contributed by atoms with Crippen molar-refractivity contribution in [1.29, 1.82) is 0 Å². The molecule has 0 saturated carbocycles. The molecule has 1 aromatic carbocycles. The van der Waals surface area contributed by atoms with E-state index in [0.717, 1.165) is 32.1 Å². The number of hydrogen-bond acceptors (Lipinski definition) is 1. The van der Waals surface area contributed by atoms with Crippen molar-refractivity contribution in [3.63, 3.8) is 0 Å². The molecule has 1 aromatic rings. The van der Waals surface area contributed by atoms with Crippen molar-refractivity contribution in [2.24, 2.45) is 0 Å². The van der Waals surface area contributed by atoms with Crippen LogP contribution in [0.15, 0.2) is 37.4 Å². The summed E-state index contributed by atoms with van der Waals surface area (Å²) in [7, 11) is 1.86. The average Bonchev–Trinajstić information content (AvgIpc) is 2.19. The lowest BCUT2D eigenvalue weighted by Gasteiger charge is -1.96. The second-order valence-corrected chi connectivity index (χ2v) is 5.71. The fourth-order valence-electron chi connectivity index (χ4n) is 0.883. The first-order valence-corrected chi connectivity index (χ1v) is 5.67. The lowest BCUT2D eigenvalue weighted by atomic mass is 10.1. The molecule has 0 bridgehead atoms. The normalized spacial score (nSPS) is 8.62. The van der Waals surface area contributed by atoms with Crippen LogP contribution in [0.4, 0.5) is 0 Å². The van der Waals surface area contributed by atoms with E-state index in [1.807, 2.05) is 36.4 Å². The van der Waals surface area contributed by atoms with Crippen LogP contribution in [0.3, 0.4) is 0 Å². The zero-order valence-electron chi connectivity index (χ0n) is 8.29. The Morgan fingerprint density at radius 1 is 1.00 bits per heavy atom. The molecule has 0 aliphatic carbocycles. The van der Waals surface area contributed by atoms with Crippen LogP contribution in [0.2, 0.25) is 0 Å². The van der Waals surface area contributed by atoms with Gasteiger partial charge in [0.2, 0.25) is 0 Å². The Balaban J connectivity index is 0.000000424. The van der Waals surface area contributed by atoms with Gasteiger partial charge in [0.25, 0.3) is 0 Å². The molecule has 0 unspecified atom stereocenters. The third-order valence-corrected chi connectivity index (χ3v) is 1.44. The van der Waals surface area contributed by atoms with Crippen LogP contribution in [-0.4, -0.2) is 21.0 Å². The molecule has 0 spiro atoms. The van der Waals surface area contributed by atoms with Crippen LogP contribution in [0.25, 0.3) is 12.2 Å². The highest BCUT2D eigenvalue weighted by atomic mass is 28.3. The lowest BCUT2D eigenvalue weighted by molar-refractivity contribution is 0.690. The summed E-state index contributed by atoms with van der Waals surface area (Å²) in [6.45, 7) is 7.38. The van der Waals surface area contributed by atoms with Crippen LogP contribution in [-0.2, 0) is 4.12 Å². The minimum atomic E-state index is 0.931. The molecule has 0 radical (unpaired) electrons. The number of benzene rings is 1. The molecule has 0 aliphatic heterocycles. The Bertz CT molecular complexity index is 244. The molecule has 3 heteroatoms. The van der Waals surface area contributed by atoms with Crippen molar-refractivity contribution < 1.29 is 4.12 Å². The van der Waals surface area contributed by atoms with Crippen molar-refractivity contribution >= 4 is 33.1 Å². The van der Waals surface area contributed by atoms with Gasteiger partial charge in [-0.2, -0.15) is 0 Å². The van der Waals surface area contributed by atoms with E-state index in [2.05, 4.69) is 17.3 Å². The van der Waals surface area contributed by atoms with Gasteiger partial charge in [-0.3, -0.25) is 0 Å². The molecule has 13 heavy (non-hydrogen) atoms. The molecule has 1 nitrogen and oxygen atoms in total. The largest absolute Gasteiger partial charge is 0.471 e. The lowest BCUT2D eigenvalue weighted by Crippen LogP contribution is -1.76. The second kappa shape index (κ2) is 7.73. The Morgan fingerprint density at radius 2 is 1.31 bits per heavy atom. The first-order valence-electron chi connectivity index (χ1n) is 4.04. The van der Waals surface area contributed by atoms with Crippen LogP contribution in [0, 0.1) is 0 Å². The highest BCUT2D eigenvalue weighted by Gasteiger charge is 1.89.